The van der Waals surface area contributed by atoms with Gasteiger partial charge in [-0.15, -0.1) is 0 Å². The van der Waals surface area contributed by atoms with Crippen LogP contribution in [0.4, 0.5) is 0 Å². The fourth-order valence-electron chi connectivity index (χ4n) is 1.53. The zero-order chi connectivity index (χ0) is 11.2. The van der Waals surface area contributed by atoms with Crippen LogP contribution in [-0.4, -0.2) is 0 Å². The SMILES string of the molecule is N#C/C=C/c1cccc(-c2cc[c]cc2)c1. The largest absolute Gasteiger partial charge is 0.193 e. The van der Waals surface area contributed by atoms with Crippen molar-refractivity contribution >= 4 is 6.08 Å². The van der Waals surface area contributed by atoms with Crippen LogP contribution in [0.3, 0.4) is 0 Å². The van der Waals surface area contributed by atoms with E-state index in [1.165, 1.54) is 6.08 Å². The summed E-state index contributed by atoms with van der Waals surface area (Å²) in [5.74, 6) is 0. The van der Waals surface area contributed by atoms with Crippen LogP contribution in [0.25, 0.3) is 17.2 Å². The average molecular weight is 204 g/mol. The van der Waals surface area contributed by atoms with Gasteiger partial charge in [0, 0.05) is 6.08 Å². The molecule has 1 nitrogen and oxygen atoms in total. The van der Waals surface area contributed by atoms with Gasteiger partial charge in [0.15, 0.2) is 0 Å². The van der Waals surface area contributed by atoms with Crippen molar-refractivity contribution in [3.63, 3.8) is 0 Å². The molecule has 0 amide bonds. The second kappa shape index (κ2) is 4.95. The third-order valence-corrected chi connectivity index (χ3v) is 2.29. The summed E-state index contributed by atoms with van der Waals surface area (Å²) in [6.45, 7) is 0. The number of hydrogen-bond acceptors (Lipinski definition) is 1. The highest BCUT2D eigenvalue weighted by Gasteiger charge is 1.96. The van der Waals surface area contributed by atoms with E-state index in [-0.39, 0.29) is 0 Å². The van der Waals surface area contributed by atoms with Crippen molar-refractivity contribution < 1.29 is 0 Å². The van der Waals surface area contributed by atoms with Gasteiger partial charge < -0.3 is 0 Å². The number of allylic oxidation sites excluding steroid dienone is 1. The number of hydrogen-bond donors (Lipinski definition) is 0. The Morgan fingerprint density at radius 3 is 2.62 bits per heavy atom. The first kappa shape index (κ1) is 10.2. The van der Waals surface area contributed by atoms with Crippen LogP contribution in [0.5, 0.6) is 0 Å². The van der Waals surface area contributed by atoms with Crippen LogP contribution >= 0.6 is 0 Å². The molecule has 0 fully saturated rings. The van der Waals surface area contributed by atoms with Crippen LogP contribution < -0.4 is 0 Å². The molecule has 0 heterocycles. The Morgan fingerprint density at radius 1 is 1.06 bits per heavy atom. The molecule has 0 bridgehead atoms. The summed E-state index contributed by atoms with van der Waals surface area (Å²) in [7, 11) is 0. The minimum Gasteiger partial charge on any atom is -0.193 e. The second-order valence-electron chi connectivity index (χ2n) is 3.38. The molecule has 0 aliphatic carbocycles. The number of benzene rings is 2. The molecular formula is C15H10N. The zero-order valence-electron chi connectivity index (χ0n) is 8.72. The maximum Gasteiger partial charge on any atom is 0.0912 e. The summed E-state index contributed by atoms with van der Waals surface area (Å²) in [5, 5.41) is 8.47. The molecule has 1 heteroatoms. The lowest BCUT2D eigenvalue weighted by molar-refractivity contribution is 1.53. The Labute approximate surface area is 95.3 Å². The van der Waals surface area contributed by atoms with Gasteiger partial charge in [-0.25, -0.2) is 0 Å². The lowest BCUT2D eigenvalue weighted by atomic mass is 10.0. The number of nitrogens with zero attached hydrogens (tertiary/aromatic N) is 1. The predicted molar refractivity (Wildman–Crippen MR) is 65.4 cm³/mol. The standard InChI is InChI=1S/C15H10N/c16-11-5-7-13-6-4-10-15(12-13)14-8-2-1-3-9-14/h2-10,12H/b7-5+. The Hall–Kier alpha value is -2.33. The molecule has 0 aromatic heterocycles. The molecule has 2 aromatic carbocycles. The normalized spacial score (nSPS) is 10.2. The van der Waals surface area contributed by atoms with Crippen molar-refractivity contribution in [1.82, 2.24) is 0 Å². The van der Waals surface area contributed by atoms with E-state index in [0.717, 1.165) is 16.7 Å². The van der Waals surface area contributed by atoms with E-state index in [2.05, 4.69) is 18.2 Å². The van der Waals surface area contributed by atoms with E-state index in [1.807, 2.05) is 42.5 Å². The minimum absolute atomic E-state index is 1.03. The highest BCUT2D eigenvalue weighted by atomic mass is 14.2. The maximum absolute atomic E-state index is 8.47. The molecule has 0 N–H and O–H groups in total. The lowest BCUT2D eigenvalue weighted by Crippen LogP contribution is -1.78. The molecule has 0 aliphatic heterocycles. The quantitative estimate of drug-likeness (QED) is 0.684. The zero-order valence-corrected chi connectivity index (χ0v) is 8.72. The van der Waals surface area contributed by atoms with Crippen LogP contribution in [0.2, 0.25) is 0 Å². The Balaban J connectivity index is 2.37. The number of rotatable bonds is 2. The van der Waals surface area contributed by atoms with Gasteiger partial charge in [0.05, 0.1) is 6.07 Å². The molecule has 0 spiro atoms. The molecule has 0 atom stereocenters. The predicted octanol–water partition coefficient (Wildman–Crippen LogP) is 3.69. The lowest BCUT2D eigenvalue weighted by Gasteiger charge is -2.01. The van der Waals surface area contributed by atoms with Crippen molar-refractivity contribution in [2.24, 2.45) is 0 Å². The van der Waals surface area contributed by atoms with Crippen LogP contribution in [0, 0.1) is 17.4 Å². The molecule has 0 unspecified atom stereocenters. The van der Waals surface area contributed by atoms with Crippen LogP contribution in [0.15, 0.2) is 54.6 Å². The van der Waals surface area contributed by atoms with Gasteiger partial charge in [-0.2, -0.15) is 5.26 Å². The van der Waals surface area contributed by atoms with E-state index in [0.29, 0.717) is 0 Å². The summed E-state index contributed by atoms with van der Waals surface area (Å²) in [5.41, 5.74) is 3.34. The van der Waals surface area contributed by atoms with Crippen molar-refractivity contribution in [3.8, 4) is 17.2 Å². The Bertz CT molecular complexity index is 533. The van der Waals surface area contributed by atoms with E-state index in [9.17, 15) is 0 Å². The maximum atomic E-state index is 8.47. The topological polar surface area (TPSA) is 23.8 Å². The smallest absolute Gasteiger partial charge is 0.0912 e. The van der Waals surface area contributed by atoms with Crippen molar-refractivity contribution in [1.29, 1.82) is 5.26 Å². The first-order valence-electron chi connectivity index (χ1n) is 5.03. The van der Waals surface area contributed by atoms with Crippen molar-refractivity contribution in [3.05, 3.63) is 66.2 Å². The van der Waals surface area contributed by atoms with Gasteiger partial charge in [-0.05, 0) is 34.9 Å². The monoisotopic (exact) mass is 204 g/mol. The molecule has 0 saturated carbocycles. The van der Waals surface area contributed by atoms with Crippen molar-refractivity contribution in [2.75, 3.05) is 0 Å². The fraction of sp³-hybridized carbons (Fsp3) is 0. The first-order valence-corrected chi connectivity index (χ1v) is 5.03. The summed E-state index contributed by atoms with van der Waals surface area (Å²) in [6.07, 6.45) is 3.29. The third-order valence-electron chi connectivity index (χ3n) is 2.29. The van der Waals surface area contributed by atoms with Crippen molar-refractivity contribution in [2.45, 2.75) is 0 Å². The molecule has 0 aliphatic rings. The first-order chi connectivity index (χ1) is 7.90. The van der Waals surface area contributed by atoms with Gasteiger partial charge in [0.25, 0.3) is 0 Å². The third kappa shape index (κ3) is 2.37. The number of nitriles is 1. The van der Waals surface area contributed by atoms with Gasteiger partial charge in [-0.3, -0.25) is 0 Å². The van der Waals surface area contributed by atoms with E-state index in [4.69, 9.17) is 5.26 Å². The summed E-state index contributed by atoms with van der Waals surface area (Å²) in [4.78, 5) is 0. The highest BCUT2D eigenvalue weighted by Crippen LogP contribution is 2.20. The summed E-state index contributed by atoms with van der Waals surface area (Å²) in [6, 6.07) is 20.9. The minimum atomic E-state index is 1.03. The van der Waals surface area contributed by atoms with Crippen LogP contribution in [0.1, 0.15) is 5.56 Å². The molecule has 1 radical (unpaired) electrons. The van der Waals surface area contributed by atoms with E-state index in [1.54, 1.807) is 6.08 Å². The molecule has 75 valence electrons. The summed E-state index contributed by atoms with van der Waals surface area (Å²) >= 11 is 0. The molecule has 2 aromatic rings. The second-order valence-corrected chi connectivity index (χ2v) is 3.38. The molecular weight excluding hydrogens is 194 g/mol. The van der Waals surface area contributed by atoms with Gasteiger partial charge in [0.2, 0.25) is 0 Å². The molecule has 2 rings (SSSR count). The van der Waals surface area contributed by atoms with Crippen LogP contribution in [-0.2, 0) is 0 Å². The molecule has 0 saturated heterocycles. The van der Waals surface area contributed by atoms with Gasteiger partial charge in [-0.1, -0.05) is 42.5 Å². The highest BCUT2D eigenvalue weighted by molar-refractivity contribution is 5.67. The van der Waals surface area contributed by atoms with E-state index < -0.39 is 0 Å². The summed E-state index contributed by atoms with van der Waals surface area (Å²) < 4.78 is 0. The molecule has 16 heavy (non-hydrogen) atoms. The van der Waals surface area contributed by atoms with Gasteiger partial charge in [0.1, 0.15) is 0 Å². The Morgan fingerprint density at radius 2 is 1.88 bits per heavy atom. The van der Waals surface area contributed by atoms with E-state index >= 15 is 0 Å². The fourth-order valence-corrected chi connectivity index (χ4v) is 1.53. The average Bonchev–Trinajstić information content (AvgIpc) is 2.38. The van der Waals surface area contributed by atoms with Gasteiger partial charge >= 0.3 is 0 Å². The Kier molecular flexibility index (Phi) is 3.15.